The van der Waals surface area contributed by atoms with Crippen LogP contribution in [-0.2, 0) is 0 Å². The molecule has 0 bridgehead atoms. The molecule has 1 rings (SSSR count). The molecule has 0 radical (unpaired) electrons. The van der Waals surface area contributed by atoms with Gasteiger partial charge in [-0.15, -0.1) is 0 Å². The summed E-state index contributed by atoms with van der Waals surface area (Å²) < 4.78 is 0.984. The largest absolute Gasteiger partial charge is 0.342 e. The molecule has 0 aliphatic heterocycles. The standard InChI is InChI=1S/C12H16BrNO/c1-4-8-14(3)12(15)10-6-5-7-11(13)9(10)2/h5-7H,4,8H2,1-3H3. The number of amides is 1. The van der Waals surface area contributed by atoms with Gasteiger partial charge in [-0.2, -0.15) is 0 Å². The Hall–Kier alpha value is -0.830. The third-order valence-electron chi connectivity index (χ3n) is 2.40. The first-order valence-corrected chi connectivity index (χ1v) is 5.87. The Morgan fingerprint density at radius 3 is 2.73 bits per heavy atom. The lowest BCUT2D eigenvalue weighted by atomic mass is 10.1. The van der Waals surface area contributed by atoms with Crippen molar-refractivity contribution in [2.24, 2.45) is 0 Å². The number of benzene rings is 1. The van der Waals surface area contributed by atoms with Crippen molar-refractivity contribution in [1.29, 1.82) is 0 Å². The number of hydrogen-bond acceptors (Lipinski definition) is 1. The van der Waals surface area contributed by atoms with Crippen LogP contribution in [0.15, 0.2) is 22.7 Å². The smallest absolute Gasteiger partial charge is 0.253 e. The average molecular weight is 270 g/mol. The summed E-state index contributed by atoms with van der Waals surface area (Å²) in [5, 5.41) is 0. The molecule has 0 saturated carbocycles. The van der Waals surface area contributed by atoms with E-state index in [4.69, 9.17) is 0 Å². The van der Waals surface area contributed by atoms with Crippen LogP contribution in [0.1, 0.15) is 29.3 Å². The zero-order valence-electron chi connectivity index (χ0n) is 9.38. The first-order valence-electron chi connectivity index (χ1n) is 5.08. The van der Waals surface area contributed by atoms with Crippen LogP contribution in [0, 0.1) is 6.92 Å². The van der Waals surface area contributed by atoms with Gasteiger partial charge in [0.15, 0.2) is 0 Å². The van der Waals surface area contributed by atoms with Crippen LogP contribution in [0.25, 0.3) is 0 Å². The fraction of sp³-hybridized carbons (Fsp3) is 0.417. The summed E-state index contributed by atoms with van der Waals surface area (Å²) >= 11 is 3.43. The number of carbonyl (C=O) groups is 1. The summed E-state index contributed by atoms with van der Waals surface area (Å²) in [5.41, 5.74) is 1.78. The second-order valence-electron chi connectivity index (χ2n) is 3.64. The molecule has 2 nitrogen and oxygen atoms in total. The van der Waals surface area contributed by atoms with Gasteiger partial charge < -0.3 is 4.90 Å². The predicted molar refractivity (Wildman–Crippen MR) is 66.1 cm³/mol. The van der Waals surface area contributed by atoms with Gasteiger partial charge in [0.2, 0.25) is 0 Å². The first-order chi connectivity index (χ1) is 7.07. The lowest BCUT2D eigenvalue weighted by Crippen LogP contribution is -2.28. The second-order valence-corrected chi connectivity index (χ2v) is 4.49. The lowest BCUT2D eigenvalue weighted by molar-refractivity contribution is 0.0794. The van der Waals surface area contributed by atoms with Crippen molar-refractivity contribution in [1.82, 2.24) is 4.90 Å². The Labute approximate surface area is 99.4 Å². The van der Waals surface area contributed by atoms with E-state index in [0.29, 0.717) is 0 Å². The predicted octanol–water partition coefficient (Wildman–Crippen LogP) is 3.24. The van der Waals surface area contributed by atoms with Gasteiger partial charge in [-0.3, -0.25) is 4.79 Å². The molecule has 0 spiro atoms. The third kappa shape index (κ3) is 2.81. The maximum atomic E-state index is 12.0. The van der Waals surface area contributed by atoms with Crippen LogP contribution in [-0.4, -0.2) is 24.4 Å². The van der Waals surface area contributed by atoms with Gasteiger partial charge in [0.05, 0.1) is 0 Å². The summed E-state index contributed by atoms with van der Waals surface area (Å²) in [6.07, 6.45) is 0.981. The number of nitrogens with zero attached hydrogens (tertiary/aromatic N) is 1. The molecule has 0 saturated heterocycles. The van der Waals surface area contributed by atoms with Crippen LogP contribution >= 0.6 is 15.9 Å². The van der Waals surface area contributed by atoms with E-state index in [2.05, 4.69) is 22.9 Å². The molecular formula is C12H16BrNO. The molecule has 82 valence electrons. The van der Waals surface area contributed by atoms with Crippen molar-refractivity contribution in [3.05, 3.63) is 33.8 Å². The molecular weight excluding hydrogens is 254 g/mol. The van der Waals surface area contributed by atoms with Crippen molar-refractivity contribution < 1.29 is 4.79 Å². The quantitative estimate of drug-likeness (QED) is 0.825. The van der Waals surface area contributed by atoms with E-state index in [-0.39, 0.29) is 5.91 Å². The Balaban J connectivity index is 2.96. The summed E-state index contributed by atoms with van der Waals surface area (Å²) in [6, 6.07) is 5.71. The van der Waals surface area contributed by atoms with E-state index >= 15 is 0 Å². The molecule has 0 aliphatic rings. The lowest BCUT2D eigenvalue weighted by Gasteiger charge is -2.17. The van der Waals surface area contributed by atoms with Crippen LogP contribution in [0.4, 0.5) is 0 Å². The molecule has 0 aromatic heterocycles. The van der Waals surface area contributed by atoms with Crippen molar-refractivity contribution in [3.63, 3.8) is 0 Å². The highest BCUT2D eigenvalue weighted by Crippen LogP contribution is 2.20. The number of halogens is 1. The molecule has 0 unspecified atom stereocenters. The van der Waals surface area contributed by atoms with E-state index in [1.54, 1.807) is 4.90 Å². The summed E-state index contributed by atoms with van der Waals surface area (Å²) in [7, 11) is 1.84. The van der Waals surface area contributed by atoms with Crippen LogP contribution in [0.3, 0.4) is 0 Å². The van der Waals surface area contributed by atoms with Crippen LogP contribution < -0.4 is 0 Å². The monoisotopic (exact) mass is 269 g/mol. The van der Waals surface area contributed by atoms with Crippen LogP contribution in [0.5, 0.6) is 0 Å². The Morgan fingerprint density at radius 2 is 2.13 bits per heavy atom. The molecule has 0 atom stereocenters. The van der Waals surface area contributed by atoms with Gasteiger partial charge in [0.1, 0.15) is 0 Å². The van der Waals surface area contributed by atoms with E-state index in [0.717, 1.165) is 28.6 Å². The molecule has 1 aromatic rings. The zero-order valence-corrected chi connectivity index (χ0v) is 11.0. The Kier molecular flexibility index (Phi) is 4.33. The number of carbonyl (C=O) groups excluding carboxylic acids is 1. The minimum Gasteiger partial charge on any atom is -0.342 e. The van der Waals surface area contributed by atoms with Crippen molar-refractivity contribution in [2.45, 2.75) is 20.3 Å². The van der Waals surface area contributed by atoms with Gasteiger partial charge in [-0.25, -0.2) is 0 Å². The summed E-state index contributed by atoms with van der Waals surface area (Å²) in [6.45, 7) is 4.82. The van der Waals surface area contributed by atoms with Gasteiger partial charge in [0.25, 0.3) is 5.91 Å². The number of hydrogen-bond donors (Lipinski definition) is 0. The minimum atomic E-state index is 0.0932. The van der Waals surface area contributed by atoms with Crippen molar-refractivity contribution in [2.75, 3.05) is 13.6 Å². The first kappa shape index (κ1) is 12.2. The molecule has 0 N–H and O–H groups in total. The highest BCUT2D eigenvalue weighted by atomic mass is 79.9. The molecule has 3 heteroatoms. The molecule has 1 aromatic carbocycles. The van der Waals surface area contributed by atoms with Crippen molar-refractivity contribution >= 4 is 21.8 Å². The fourth-order valence-corrected chi connectivity index (χ4v) is 1.85. The highest BCUT2D eigenvalue weighted by Gasteiger charge is 2.14. The molecule has 0 aliphatic carbocycles. The zero-order chi connectivity index (χ0) is 11.4. The van der Waals surface area contributed by atoms with Gasteiger partial charge in [-0.05, 0) is 31.0 Å². The Bertz CT molecular complexity index is 363. The fourth-order valence-electron chi connectivity index (χ4n) is 1.48. The van der Waals surface area contributed by atoms with Gasteiger partial charge in [0, 0.05) is 23.6 Å². The number of rotatable bonds is 3. The topological polar surface area (TPSA) is 20.3 Å². The third-order valence-corrected chi connectivity index (χ3v) is 3.26. The second kappa shape index (κ2) is 5.31. The molecule has 0 heterocycles. The molecule has 1 amide bonds. The average Bonchev–Trinajstić information content (AvgIpc) is 2.21. The minimum absolute atomic E-state index is 0.0932. The summed E-state index contributed by atoms with van der Waals surface area (Å²) in [4.78, 5) is 13.8. The van der Waals surface area contributed by atoms with Gasteiger partial charge >= 0.3 is 0 Å². The van der Waals surface area contributed by atoms with E-state index < -0.39 is 0 Å². The van der Waals surface area contributed by atoms with Crippen molar-refractivity contribution in [3.8, 4) is 0 Å². The molecule has 15 heavy (non-hydrogen) atoms. The van der Waals surface area contributed by atoms with E-state index in [1.807, 2.05) is 32.2 Å². The normalized spacial score (nSPS) is 10.1. The molecule has 0 fully saturated rings. The van der Waals surface area contributed by atoms with Crippen LogP contribution in [0.2, 0.25) is 0 Å². The highest BCUT2D eigenvalue weighted by molar-refractivity contribution is 9.10. The SMILES string of the molecule is CCCN(C)C(=O)c1cccc(Br)c1C. The van der Waals surface area contributed by atoms with E-state index in [1.165, 1.54) is 0 Å². The van der Waals surface area contributed by atoms with E-state index in [9.17, 15) is 4.79 Å². The summed E-state index contributed by atoms with van der Waals surface area (Å²) in [5.74, 6) is 0.0932. The maximum absolute atomic E-state index is 12.0. The Morgan fingerprint density at radius 1 is 1.47 bits per heavy atom. The maximum Gasteiger partial charge on any atom is 0.253 e. The van der Waals surface area contributed by atoms with Gasteiger partial charge in [-0.1, -0.05) is 28.9 Å².